The fourth-order valence-electron chi connectivity index (χ4n) is 1.51. The Balaban J connectivity index is 2.41. The van der Waals surface area contributed by atoms with Gasteiger partial charge in [-0.1, -0.05) is 6.07 Å². The molecule has 0 bridgehead atoms. The number of carboxylic acid groups (broad SMARTS) is 1. The van der Waals surface area contributed by atoms with Gasteiger partial charge in [-0.25, -0.2) is 9.78 Å². The molecule has 1 aromatic carbocycles. The third kappa shape index (κ3) is 2.60. The fourth-order valence-corrected chi connectivity index (χ4v) is 1.51. The molecule has 0 amide bonds. The highest BCUT2D eigenvalue weighted by atomic mass is 16.5. The number of hydrogen-bond donors (Lipinski definition) is 1. The maximum absolute atomic E-state index is 10.4. The van der Waals surface area contributed by atoms with E-state index in [4.69, 9.17) is 9.84 Å². The summed E-state index contributed by atoms with van der Waals surface area (Å²) in [6.07, 6.45) is 2.66. The van der Waals surface area contributed by atoms with E-state index < -0.39 is 5.97 Å². The molecule has 0 radical (unpaired) electrons. The van der Waals surface area contributed by atoms with E-state index in [9.17, 15) is 4.79 Å². The van der Waals surface area contributed by atoms with Gasteiger partial charge in [0.1, 0.15) is 0 Å². The Bertz CT molecular complexity index is 590. The van der Waals surface area contributed by atoms with Gasteiger partial charge in [0, 0.05) is 17.5 Å². The molecule has 0 aliphatic heterocycles. The van der Waals surface area contributed by atoms with Crippen LogP contribution in [0.1, 0.15) is 5.56 Å². The van der Waals surface area contributed by atoms with Crippen molar-refractivity contribution in [3.05, 3.63) is 42.0 Å². The van der Waals surface area contributed by atoms with Gasteiger partial charge in [0.2, 0.25) is 5.88 Å². The molecule has 1 heterocycles. The topological polar surface area (TPSA) is 59.4 Å². The lowest BCUT2D eigenvalue weighted by molar-refractivity contribution is -0.131. The van der Waals surface area contributed by atoms with Crippen molar-refractivity contribution in [3.8, 4) is 5.88 Å². The van der Waals surface area contributed by atoms with Crippen LogP contribution < -0.4 is 4.74 Å². The number of pyridine rings is 1. The summed E-state index contributed by atoms with van der Waals surface area (Å²) in [6.45, 7) is 0. The van der Waals surface area contributed by atoms with E-state index in [1.165, 1.54) is 0 Å². The molecule has 0 saturated carbocycles. The van der Waals surface area contributed by atoms with Crippen LogP contribution in [0.15, 0.2) is 36.4 Å². The summed E-state index contributed by atoms with van der Waals surface area (Å²) in [4.78, 5) is 14.7. The van der Waals surface area contributed by atoms with Crippen LogP contribution in [0.3, 0.4) is 0 Å². The summed E-state index contributed by atoms with van der Waals surface area (Å²) < 4.78 is 5.03. The Morgan fingerprint density at radius 3 is 2.88 bits per heavy atom. The number of benzene rings is 1. The summed E-state index contributed by atoms with van der Waals surface area (Å²) in [5, 5.41) is 9.48. The highest BCUT2D eigenvalue weighted by Crippen LogP contribution is 2.18. The zero-order valence-corrected chi connectivity index (χ0v) is 9.25. The number of nitrogens with zero attached hydrogens (tertiary/aromatic N) is 1. The molecule has 1 N–H and O–H groups in total. The number of carbonyl (C=O) groups is 1. The van der Waals surface area contributed by atoms with E-state index in [1.807, 2.05) is 24.3 Å². The molecule has 0 spiro atoms. The third-order valence-corrected chi connectivity index (χ3v) is 2.32. The van der Waals surface area contributed by atoms with Crippen molar-refractivity contribution in [2.24, 2.45) is 0 Å². The zero-order valence-electron chi connectivity index (χ0n) is 9.25. The predicted molar refractivity (Wildman–Crippen MR) is 65.0 cm³/mol. The van der Waals surface area contributed by atoms with Crippen LogP contribution in [0.4, 0.5) is 0 Å². The van der Waals surface area contributed by atoms with E-state index in [0.29, 0.717) is 5.88 Å². The number of methoxy groups -OCH3 is 1. The monoisotopic (exact) mass is 229 g/mol. The molecule has 0 unspecified atom stereocenters. The molecular formula is C13H11NO3. The van der Waals surface area contributed by atoms with Gasteiger partial charge in [0.25, 0.3) is 0 Å². The molecule has 2 aromatic rings. The average Bonchev–Trinajstić information content (AvgIpc) is 2.35. The van der Waals surface area contributed by atoms with Gasteiger partial charge in [0.05, 0.1) is 12.6 Å². The largest absolute Gasteiger partial charge is 0.481 e. The minimum Gasteiger partial charge on any atom is -0.481 e. The SMILES string of the molecule is COc1ccc2cc(/C=C/C(=O)O)ccc2n1. The van der Waals surface area contributed by atoms with Crippen molar-refractivity contribution in [2.45, 2.75) is 0 Å². The zero-order chi connectivity index (χ0) is 12.3. The van der Waals surface area contributed by atoms with Crippen LogP contribution in [0.5, 0.6) is 5.88 Å². The van der Waals surface area contributed by atoms with Crippen molar-refractivity contribution in [1.29, 1.82) is 0 Å². The second-order valence-electron chi connectivity index (χ2n) is 3.48. The van der Waals surface area contributed by atoms with Crippen molar-refractivity contribution >= 4 is 22.9 Å². The van der Waals surface area contributed by atoms with Crippen molar-refractivity contribution in [1.82, 2.24) is 4.98 Å². The molecule has 2 rings (SSSR count). The number of rotatable bonds is 3. The van der Waals surface area contributed by atoms with E-state index in [1.54, 1.807) is 19.3 Å². The Hall–Kier alpha value is -2.36. The van der Waals surface area contributed by atoms with Crippen molar-refractivity contribution in [3.63, 3.8) is 0 Å². The lowest BCUT2D eigenvalue weighted by atomic mass is 10.1. The minimum atomic E-state index is -0.960. The smallest absolute Gasteiger partial charge is 0.328 e. The number of hydrogen-bond acceptors (Lipinski definition) is 3. The second kappa shape index (κ2) is 4.65. The predicted octanol–water partition coefficient (Wildman–Crippen LogP) is 2.34. The minimum absolute atomic E-state index is 0.561. The molecule has 0 aliphatic rings. The Morgan fingerprint density at radius 2 is 2.18 bits per heavy atom. The van der Waals surface area contributed by atoms with Gasteiger partial charge < -0.3 is 9.84 Å². The molecule has 0 fully saturated rings. The van der Waals surface area contributed by atoms with Gasteiger partial charge in [-0.15, -0.1) is 0 Å². The lowest BCUT2D eigenvalue weighted by Gasteiger charge is -2.02. The normalized spacial score (nSPS) is 10.9. The quantitative estimate of drug-likeness (QED) is 0.820. The maximum Gasteiger partial charge on any atom is 0.328 e. The second-order valence-corrected chi connectivity index (χ2v) is 3.48. The molecular weight excluding hydrogens is 218 g/mol. The van der Waals surface area contributed by atoms with Crippen LogP contribution in [0.2, 0.25) is 0 Å². The van der Waals surface area contributed by atoms with Crippen LogP contribution in [-0.4, -0.2) is 23.2 Å². The summed E-state index contributed by atoms with van der Waals surface area (Å²) in [5.74, 6) is -0.399. The van der Waals surface area contributed by atoms with Gasteiger partial charge in [0.15, 0.2) is 0 Å². The lowest BCUT2D eigenvalue weighted by Crippen LogP contribution is -1.88. The highest BCUT2D eigenvalue weighted by molar-refractivity contribution is 5.87. The number of aromatic nitrogens is 1. The first-order valence-corrected chi connectivity index (χ1v) is 5.05. The van der Waals surface area contributed by atoms with Gasteiger partial charge in [-0.3, -0.25) is 0 Å². The van der Waals surface area contributed by atoms with E-state index in [-0.39, 0.29) is 0 Å². The molecule has 0 aliphatic carbocycles. The summed E-state index contributed by atoms with van der Waals surface area (Å²) in [6, 6.07) is 9.18. The Morgan fingerprint density at radius 1 is 1.35 bits per heavy atom. The first-order valence-electron chi connectivity index (χ1n) is 5.05. The van der Waals surface area contributed by atoms with E-state index >= 15 is 0 Å². The molecule has 4 nitrogen and oxygen atoms in total. The molecule has 4 heteroatoms. The number of fused-ring (bicyclic) bond motifs is 1. The molecule has 0 atom stereocenters. The van der Waals surface area contributed by atoms with Crippen LogP contribution in [0.25, 0.3) is 17.0 Å². The fraction of sp³-hybridized carbons (Fsp3) is 0.0769. The number of carboxylic acids is 1. The summed E-state index contributed by atoms with van der Waals surface area (Å²) in [5.41, 5.74) is 1.64. The first-order chi connectivity index (χ1) is 8.19. The van der Waals surface area contributed by atoms with Crippen LogP contribution in [0, 0.1) is 0 Å². The Labute approximate surface area is 98.2 Å². The summed E-state index contributed by atoms with van der Waals surface area (Å²) in [7, 11) is 1.57. The van der Waals surface area contributed by atoms with E-state index in [2.05, 4.69) is 4.98 Å². The van der Waals surface area contributed by atoms with Gasteiger partial charge in [-0.2, -0.15) is 0 Å². The standard InChI is InChI=1S/C13H11NO3/c1-17-12-6-4-10-8-9(3-7-13(15)16)2-5-11(10)14-12/h2-8H,1H3,(H,15,16)/b7-3+. The Kier molecular flexibility index (Phi) is 3.05. The van der Waals surface area contributed by atoms with Gasteiger partial charge in [-0.05, 0) is 29.8 Å². The van der Waals surface area contributed by atoms with Crippen molar-refractivity contribution in [2.75, 3.05) is 7.11 Å². The molecule has 17 heavy (non-hydrogen) atoms. The highest BCUT2D eigenvalue weighted by Gasteiger charge is 1.98. The maximum atomic E-state index is 10.4. The molecule has 1 aromatic heterocycles. The first kappa shape index (κ1) is 11.1. The van der Waals surface area contributed by atoms with Crippen LogP contribution >= 0.6 is 0 Å². The molecule has 0 saturated heterocycles. The van der Waals surface area contributed by atoms with Crippen LogP contribution in [-0.2, 0) is 4.79 Å². The average molecular weight is 229 g/mol. The molecule has 86 valence electrons. The summed E-state index contributed by atoms with van der Waals surface area (Å²) >= 11 is 0. The van der Waals surface area contributed by atoms with Gasteiger partial charge >= 0.3 is 5.97 Å². The van der Waals surface area contributed by atoms with E-state index in [0.717, 1.165) is 22.5 Å². The number of ether oxygens (including phenoxy) is 1. The number of aliphatic carboxylic acids is 1. The van der Waals surface area contributed by atoms with Crippen molar-refractivity contribution < 1.29 is 14.6 Å². The third-order valence-electron chi connectivity index (χ3n) is 2.32.